The molecule has 0 saturated heterocycles. The summed E-state index contributed by atoms with van der Waals surface area (Å²) in [6.45, 7) is 0.896. The summed E-state index contributed by atoms with van der Waals surface area (Å²) < 4.78 is 7.67. The topological polar surface area (TPSA) is 124 Å². The van der Waals surface area contributed by atoms with Crippen molar-refractivity contribution in [1.29, 1.82) is 0 Å². The SMILES string of the molecule is NCC(O)COc1cccc(-c2nc(NCc3ccncc3)c3cnn(C4CC4)c3n2)c1. The van der Waals surface area contributed by atoms with Crippen molar-refractivity contribution in [2.24, 2.45) is 5.73 Å². The van der Waals surface area contributed by atoms with E-state index in [2.05, 4.69) is 15.4 Å². The molecular weight excluding hydrogens is 406 g/mol. The highest BCUT2D eigenvalue weighted by Gasteiger charge is 2.27. The first-order valence-corrected chi connectivity index (χ1v) is 10.7. The smallest absolute Gasteiger partial charge is 0.164 e. The Kier molecular flexibility index (Phi) is 5.66. The number of hydrogen-bond acceptors (Lipinski definition) is 8. The van der Waals surface area contributed by atoms with Crippen LogP contribution in [0.25, 0.3) is 22.4 Å². The number of pyridine rings is 1. The van der Waals surface area contributed by atoms with Crippen LogP contribution < -0.4 is 15.8 Å². The molecule has 1 aliphatic carbocycles. The predicted molar refractivity (Wildman–Crippen MR) is 121 cm³/mol. The zero-order valence-corrected chi connectivity index (χ0v) is 17.6. The molecule has 4 N–H and O–H groups in total. The Morgan fingerprint density at radius 2 is 2.03 bits per heavy atom. The largest absolute Gasteiger partial charge is 0.491 e. The normalized spacial score (nSPS) is 14.4. The van der Waals surface area contributed by atoms with E-state index < -0.39 is 6.10 Å². The van der Waals surface area contributed by atoms with E-state index in [4.69, 9.17) is 20.4 Å². The summed E-state index contributed by atoms with van der Waals surface area (Å²) in [7, 11) is 0. The molecule has 1 saturated carbocycles. The zero-order valence-electron chi connectivity index (χ0n) is 17.6. The number of ether oxygens (including phenoxy) is 1. The Balaban J connectivity index is 1.49. The first-order valence-electron chi connectivity index (χ1n) is 10.7. The maximum Gasteiger partial charge on any atom is 0.164 e. The molecule has 1 atom stereocenters. The molecule has 0 spiro atoms. The van der Waals surface area contributed by atoms with Crippen LogP contribution in [0.1, 0.15) is 24.4 Å². The first kappa shape index (κ1) is 20.3. The van der Waals surface area contributed by atoms with E-state index in [1.165, 1.54) is 0 Å². The van der Waals surface area contributed by atoms with Crippen molar-refractivity contribution in [3.8, 4) is 17.1 Å². The van der Waals surface area contributed by atoms with Crippen molar-refractivity contribution in [2.45, 2.75) is 31.5 Å². The Labute approximate surface area is 185 Å². The fourth-order valence-corrected chi connectivity index (χ4v) is 3.45. The average Bonchev–Trinajstić information content (AvgIpc) is 3.60. The lowest BCUT2D eigenvalue weighted by Crippen LogP contribution is -2.26. The second-order valence-electron chi connectivity index (χ2n) is 7.89. The quantitative estimate of drug-likeness (QED) is 0.369. The number of nitrogens with two attached hydrogens (primary N) is 1. The summed E-state index contributed by atoms with van der Waals surface area (Å²) in [6, 6.07) is 11.9. The van der Waals surface area contributed by atoms with Gasteiger partial charge in [-0.3, -0.25) is 4.98 Å². The van der Waals surface area contributed by atoms with Gasteiger partial charge in [0, 0.05) is 31.0 Å². The second kappa shape index (κ2) is 8.89. The van der Waals surface area contributed by atoms with Crippen LogP contribution >= 0.6 is 0 Å². The molecule has 32 heavy (non-hydrogen) atoms. The minimum Gasteiger partial charge on any atom is -0.491 e. The van der Waals surface area contributed by atoms with Gasteiger partial charge in [0.05, 0.1) is 17.6 Å². The fourth-order valence-electron chi connectivity index (χ4n) is 3.45. The van der Waals surface area contributed by atoms with Gasteiger partial charge < -0.3 is 20.9 Å². The van der Waals surface area contributed by atoms with Gasteiger partial charge in [-0.05, 0) is 42.7 Å². The fraction of sp³-hybridized carbons (Fsp3) is 0.304. The molecule has 164 valence electrons. The van der Waals surface area contributed by atoms with E-state index in [1.54, 1.807) is 12.4 Å². The maximum atomic E-state index is 9.68. The van der Waals surface area contributed by atoms with Gasteiger partial charge in [-0.15, -0.1) is 0 Å². The van der Waals surface area contributed by atoms with Gasteiger partial charge in [-0.25, -0.2) is 14.6 Å². The standard InChI is InChI=1S/C23H25N7O2/c24-11-18(31)14-32-19-3-1-2-16(10-19)21-28-22(26-12-15-6-8-25-9-7-15)20-13-27-30(17-4-5-17)23(20)29-21/h1-3,6-10,13,17-18,31H,4-5,11-12,14,24H2,(H,26,28,29). The van der Waals surface area contributed by atoms with E-state index in [-0.39, 0.29) is 13.2 Å². The molecule has 1 fully saturated rings. The third-order valence-electron chi connectivity index (χ3n) is 5.36. The molecule has 1 unspecified atom stereocenters. The number of hydrogen-bond donors (Lipinski definition) is 3. The molecule has 1 aliphatic rings. The van der Waals surface area contributed by atoms with Crippen LogP contribution in [0.4, 0.5) is 5.82 Å². The van der Waals surface area contributed by atoms with Crippen LogP contribution in [0.3, 0.4) is 0 Å². The number of rotatable bonds is 9. The number of aliphatic hydroxyl groups is 1. The summed E-state index contributed by atoms with van der Waals surface area (Å²) in [5.74, 6) is 1.95. The highest BCUT2D eigenvalue weighted by Crippen LogP contribution is 2.37. The van der Waals surface area contributed by atoms with E-state index in [0.29, 0.717) is 24.2 Å². The Morgan fingerprint density at radius 3 is 2.81 bits per heavy atom. The van der Waals surface area contributed by atoms with Gasteiger partial charge in [-0.1, -0.05) is 12.1 Å². The van der Waals surface area contributed by atoms with Crippen LogP contribution in [0.15, 0.2) is 55.0 Å². The van der Waals surface area contributed by atoms with Crippen LogP contribution in [0.2, 0.25) is 0 Å². The van der Waals surface area contributed by atoms with E-state index in [1.807, 2.05) is 47.3 Å². The molecule has 0 amide bonds. The summed E-state index contributed by atoms with van der Waals surface area (Å²) in [4.78, 5) is 13.7. The summed E-state index contributed by atoms with van der Waals surface area (Å²) >= 11 is 0. The minimum atomic E-state index is -0.705. The van der Waals surface area contributed by atoms with Gasteiger partial charge in [-0.2, -0.15) is 5.10 Å². The van der Waals surface area contributed by atoms with Crippen LogP contribution in [0, 0.1) is 0 Å². The van der Waals surface area contributed by atoms with Gasteiger partial charge in [0.25, 0.3) is 0 Å². The number of anilines is 1. The number of nitrogens with zero attached hydrogens (tertiary/aromatic N) is 5. The van der Waals surface area contributed by atoms with Crippen molar-refractivity contribution in [3.05, 3.63) is 60.6 Å². The molecule has 9 heteroatoms. The first-order chi connectivity index (χ1) is 15.7. The van der Waals surface area contributed by atoms with Crippen molar-refractivity contribution in [2.75, 3.05) is 18.5 Å². The van der Waals surface area contributed by atoms with E-state index in [0.717, 1.165) is 40.8 Å². The Morgan fingerprint density at radius 1 is 1.19 bits per heavy atom. The summed E-state index contributed by atoms with van der Waals surface area (Å²) in [5.41, 5.74) is 8.21. The highest BCUT2D eigenvalue weighted by atomic mass is 16.5. The molecule has 3 aromatic heterocycles. The minimum absolute atomic E-state index is 0.132. The number of aliphatic hydroxyl groups excluding tert-OH is 1. The molecule has 4 aromatic rings. The molecule has 3 heterocycles. The lowest BCUT2D eigenvalue weighted by Gasteiger charge is -2.12. The van der Waals surface area contributed by atoms with Crippen LogP contribution in [-0.4, -0.2) is 49.1 Å². The maximum absolute atomic E-state index is 9.68. The third kappa shape index (κ3) is 4.39. The number of benzene rings is 1. The molecule has 1 aromatic carbocycles. The van der Waals surface area contributed by atoms with Crippen molar-refractivity contribution in [3.63, 3.8) is 0 Å². The summed E-state index contributed by atoms with van der Waals surface area (Å²) in [6.07, 6.45) is 6.90. The van der Waals surface area contributed by atoms with Gasteiger partial charge in [0.2, 0.25) is 0 Å². The van der Waals surface area contributed by atoms with Crippen LogP contribution in [-0.2, 0) is 6.54 Å². The molecular formula is C23H25N7O2. The lowest BCUT2D eigenvalue weighted by molar-refractivity contribution is 0.114. The monoisotopic (exact) mass is 431 g/mol. The van der Waals surface area contributed by atoms with Crippen molar-refractivity contribution in [1.82, 2.24) is 24.7 Å². The number of fused-ring (bicyclic) bond motifs is 1. The number of nitrogens with one attached hydrogen (secondary N) is 1. The van der Waals surface area contributed by atoms with Crippen molar-refractivity contribution >= 4 is 16.9 Å². The van der Waals surface area contributed by atoms with Crippen LogP contribution in [0.5, 0.6) is 5.75 Å². The molecule has 0 bridgehead atoms. The molecule has 5 rings (SSSR count). The average molecular weight is 432 g/mol. The van der Waals surface area contributed by atoms with Crippen molar-refractivity contribution < 1.29 is 9.84 Å². The zero-order chi connectivity index (χ0) is 21.9. The molecule has 0 radical (unpaired) electrons. The Bertz CT molecular complexity index is 1210. The Hall–Kier alpha value is -3.56. The highest BCUT2D eigenvalue weighted by molar-refractivity contribution is 5.88. The van der Waals surface area contributed by atoms with E-state index >= 15 is 0 Å². The molecule has 9 nitrogen and oxygen atoms in total. The lowest BCUT2D eigenvalue weighted by atomic mass is 10.2. The predicted octanol–water partition coefficient (Wildman–Crippen LogP) is 2.53. The number of aromatic nitrogens is 5. The summed E-state index contributed by atoms with van der Waals surface area (Å²) in [5, 5.41) is 18.6. The van der Waals surface area contributed by atoms with E-state index in [9.17, 15) is 5.11 Å². The van der Waals surface area contributed by atoms with Gasteiger partial charge in [0.15, 0.2) is 11.5 Å². The van der Waals surface area contributed by atoms with Gasteiger partial charge in [0.1, 0.15) is 24.3 Å². The van der Waals surface area contributed by atoms with Gasteiger partial charge >= 0.3 is 0 Å². The molecule has 0 aliphatic heterocycles. The second-order valence-corrected chi connectivity index (χ2v) is 7.89. The third-order valence-corrected chi connectivity index (χ3v) is 5.36.